The van der Waals surface area contributed by atoms with Crippen molar-refractivity contribution in [3.8, 4) is 11.1 Å². The Balaban J connectivity index is 2.16. The monoisotopic (exact) mass is 226 g/mol. The summed E-state index contributed by atoms with van der Waals surface area (Å²) < 4.78 is 0. The van der Waals surface area contributed by atoms with Gasteiger partial charge >= 0.3 is 0 Å². The highest BCUT2D eigenvalue weighted by Crippen LogP contribution is 2.18. The summed E-state index contributed by atoms with van der Waals surface area (Å²) in [5.41, 5.74) is 2.16. The first-order valence-corrected chi connectivity index (χ1v) is 5.61. The van der Waals surface area contributed by atoms with Gasteiger partial charge in [-0.3, -0.25) is 4.79 Å². The van der Waals surface area contributed by atoms with E-state index in [1.807, 2.05) is 49.4 Å². The number of hydrogen-bond donors (Lipinski definition) is 1. The predicted octanol–water partition coefficient (Wildman–Crippen LogP) is 3.10. The molecular formula is C14H14N2O. The lowest BCUT2D eigenvalue weighted by molar-refractivity contribution is -0.115. The third-order valence-corrected chi connectivity index (χ3v) is 2.46. The van der Waals surface area contributed by atoms with Crippen LogP contribution in [0.15, 0.2) is 48.7 Å². The second-order valence-electron chi connectivity index (χ2n) is 3.70. The molecule has 1 aromatic carbocycles. The number of carbonyl (C=O) groups excluding carboxylic acids is 1. The molecule has 0 saturated heterocycles. The first-order chi connectivity index (χ1) is 8.29. The van der Waals surface area contributed by atoms with Crippen LogP contribution in [-0.4, -0.2) is 10.9 Å². The molecule has 3 nitrogen and oxygen atoms in total. The average Bonchev–Trinajstić information content (AvgIpc) is 2.40. The molecule has 0 aliphatic rings. The topological polar surface area (TPSA) is 42.0 Å². The Labute approximate surface area is 101 Å². The second kappa shape index (κ2) is 5.25. The van der Waals surface area contributed by atoms with Crippen LogP contribution in [0.1, 0.15) is 13.3 Å². The van der Waals surface area contributed by atoms with E-state index in [4.69, 9.17) is 0 Å². The smallest absolute Gasteiger partial charge is 0.225 e. The molecule has 1 N–H and O–H groups in total. The predicted molar refractivity (Wildman–Crippen MR) is 68.6 cm³/mol. The summed E-state index contributed by atoms with van der Waals surface area (Å²) in [7, 11) is 0. The number of hydrogen-bond acceptors (Lipinski definition) is 2. The molecule has 0 unspecified atom stereocenters. The molecule has 0 aliphatic carbocycles. The standard InChI is InChI=1S/C14H14N2O/c1-2-14(17)16-13-9-8-12(10-15-13)11-6-4-3-5-7-11/h3-10H,2H2,1H3,(H,15,16,17). The number of rotatable bonds is 3. The van der Waals surface area contributed by atoms with Crippen LogP contribution in [0.25, 0.3) is 11.1 Å². The van der Waals surface area contributed by atoms with E-state index in [0.29, 0.717) is 12.2 Å². The molecule has 0 aliphatic heterocycles. The van der Waals surface area contributed by atoms with Gasteiger partial charge in [-0.15, -0.1) is 0 Å². The molecule has 3 heteroatoms. The molecule has 0 saturated carbocycles. The van der Waals surface area contributed by atoms with Gasteiger partial charge in [0.1, 0.15) is 5.82 Å². The van der Waals surface area contributed by atoms with Crippen molar-refractivity contribution in [3.63, 3.8) is 0 Å². The zero-order chi connectivity index (χ0) is 12.1. The van der Waals surface area contributed by atoms with Gasteiger partial charge in [-0.1, -0.05) is 37.3 Å². The highest BCUT2D eigenvalue weighted by molar-refractivity contribution is 5.89. The molecule has 1 amide bonds. The number of nitrogens with zero attached hydrogens (tertiary/aromatic N) is 1. The Morgan fingerprint density at radius 2 is 1.88 bits per heavy atom. The van der Waals surface area contributed by atoms with Crippen molar-refractivity contribution in [1.82, 2.24) is 4.98 Å². The van der Waals surface area contributed by atoms with Crippen LogP contribution >= 0.6 is 0 Å². The minimum Gasteiger partial charge on any atom is -0.311 e. The van der Waals surface area contributed by atoms with Gasteiger partial charge in [-0.05, 0) is 17.7 Å². The van der Waals surface area contributed by atoms with Crippen LogP contribution < -0.4 is 5.32 Å². The lowest BCUT2D eigenvalue weighted by Gasteiger charge is -2.04. The van der Waals surface area contributed by atoms with Crippen molar-refractivity contribution in [1.29, 1.82) is 0 Å². The van der Waals surface area contributed by atoms with Gasteiger partial charge in [0.25, 0.3) is 0 Å². The van der Waals surface area contributed by atoms with E-state index in [2.05, 4.69) is 10.3 Å². The Hall–Kier alpha value is -2.16. The molecule has 0 bridgehead atoms. The zero-order valence-electron chi connectivity index (χ0n) is 9.68. The maximum absolute atomic E-state index is 11.2. The van der Waals surface area contributed by atoms with Crippen LogP contribution in [0.3, 0.4) is 0 Å². The fraction of sp³-hybridized carbons (Fsp3) is 0.143. The first-order valence-electron chi connectivity index (χ1n) is 5.61. The molecule has 86 valence electrons. The van der Waals surface area contributed by atoms with Gasteiger partial charge in [0.2, 0.25) is 5.91 Å². The largest absolute Gasteiger partial charge is 0.311 e. The Morgan fingerprint density at radius 3 is 2.47 bits per heavy atom. The third kappa shape index (κ3) is 2.91. The summed E-state index contributed by atoms with van der Waals surface area (Å²) in [6, 6.07) is 13.8. The highest BCUT2D eigenvalue weighted by atomic mass is 16.1. The van der Waals surface area contributed by atoms with E-state index >= 15 is 0 Å². The summed E-state index contributed by atoms with van der Waals surface area (Å²) in [5.74, 6) is 0.571. The fourth-order valence-electron chi connectivity index (χ4n) is 1.50. The molecule has 1 heterocycles. The fourth-order valence-corrected chi connectivity index (χ4v) is 1.50. The van der Waals surface area contributed by atoms with Crippen molar-refractivity contribution in [3.05, 3.63) is 48.7 Å². The van der Waals surface area contributed by atoms with Gasteiger partial charge in [0.15, 0.2) is 0 Å². The van der Waals surface area contributed by atoms with Gasteiger partial charge < -0.3 is 5.32 Å². The van der Waals surface area contributed by atoms with Crippen molar-refractivity contribution < 1.29 is 4.79 Å². The number of carbonyl (C=O) groups is 1. The van der Waals surface area contributed by atoms with Gasteiger partial charge in [-0.25, -0.2) is 4.98 Å². The van der Waals surface area contributed by atoms with Crippen LogP contribution in [0.4, 0.5) is 5.82 Å². The summed E-state index contributed by atoms with van der Waals surface area (Å²) in [6.45, 7) is 1.81. The van der Waals surface area contributed by atoms with E-state index in [-0.39, 0.29) is 5.91 Å². The Bertz CT molecular complexity index is 491. The maximum Gasteiger partial charge on any atom is 0.225 e. The van der Waals surface area contributed by atoms with E-state index in [1.54, 1.807) is 6.20 Å². The van der Waals surface area contributed by atoms with Crippen LogP contribution in [0, 0.1) is 0 Å². The minimum atomic E-state index is -0.0232. The van der Waals surface area contributed by atoms with Crippen molar-refractivity contribution in [2.24, 2.45) is 0 Å². The highest BCUT2D eigenvalue weighted by Gasteiger charge is 2.01. The number of anilines is 1. The zero-order valence-corrected chi connectivity index (χ0v) is 9.68. The summed E-state index contributed by atoms with van der Waals surface area (Å²) >= 11 is 0. The lowest BCUT2D eigenvalue weighted by atomic mass is 10.1. The van der Waals surface area contributed by atoms with Crippen molar-refractivity contribution in [2.75, 3.05) is 5.32 Å². The summed E-state index contributed by atoms with van der Waals surface area (Å²) in [5, 5.41) is 2.72. The van der Waals surface area contributed by atoms with Gasteiger partial charge in [-0.2, -0.15) is 0 Å². The van der Waals surface area contributed by atoms with Crippen LogP contribution in [-0.2, 0) is 4.79 Å². The van der Waals surface area contributed by atoms with Crippen molar-refractivity contribution in [2.45, 2.75) is 13.3 Å². The van der Waals surface area contributed by atoms with Crippen LogP contribution in [0.2, 0.25) is 0 Å². The summed E-state index contributed by atoms with van der Waals surface area (Å²) in [4.78, 5) is 15.4. The third-order valence-electron chi connectivity index (χ3n) is 2.46. The van der Waals surface area contributed by atoms with Gasteiger partial charge in [0, 0.05) is 18.2 Å². The molecular weight excluding hydrogens is 212 g/mol. The molecule has 2 aromatic rings. The Morgan fingerprint density at radius 1 is 1.12 bits per heavy atom. The molecule has 0 atom stereocenters. The minimum absolute atomic E-state index is 0.0232. The Kier molecular flexibility index (Phi) is 3.50. The van der Waals surface area contributed by atoms with E-state index in [9.17, 15) is 4.79 Å². The second-order valence-corrected chi connectivity index (χ2v) is 3.70. The SMILES string of the molecule is CCC(=O)Nc1ccc(-c2ccccc2)cn1. The molecule has 0 fully saturated rings. The quantitative estimate of drug-likeness (QED) is 0.873. The van der Waals surface area contributed by atoms with E-state index in [1.165, 1.54) is 0 Å². The van der Waals surface area contributed by atoms with Crippen LogP contribution in [0.5, 0.6) is 0 Å². The molecule has 17 heavy (non-hydrogen) atoms. The first kappa shape index (κ1) is 11.3. The summed E-state index contributed by atoms with van der Waals surface area (Å²) in [6.07, 6.45) is 2.22. The lowest BCUT2D eigenvalue weighted by Crippen LogP contribution is -2.10. The number of nitrogens with one attached hydrogen (secondary N) is 1. The maximum atomic E-state index is 11.2. The van der Waals surface area contributed by atoms with Gasteiger partial charge in [0.05, 0.1) is 0 Å². The number of pyridine rings is 1. The normalized spacial score (nSPS) is 9.94. The number of amides is 1. The number of benzene rings is 1. The molecule has 1 aromatic heterocycles. The molecule has 2 rings (SSSR count). The van der Waals surface area contributed by atoms with E-state index < -0.39 is 0 Å². The number of aromatic nitrogens is 1. The average molecular weight is 226 g/mol. The van der Waals surface area contributed by atoms with Crippen molar-refractivity contribution >= 4 is 11.7 Å². The van der Waals surface area contributed by atoms with E-state index in [0.717, 1.165) is 11.1 Å². The molecule has 0 spiro atoms. The molecule has 0 radical (unpaired) electrons.